The highest BCUT2D eigenvalue weighted by Crippen LogP contribution is 2.20. The fraction of sp³-hybridized carbons (Fsp3) is 0.400. The third-order valence-corrected chi connectivity index (χ3v) is 3.02. The van der Waals surface area contributed by atoms with Crippen LogP contribution in [0.15, 0.2) is 11.4 Å². The van der Waals surface area contributed by atoms with Crippen molar-refractivity contribution in [1.29, 1.82) is 0 Å². The number of carboxylic acid groups (broad SMARTS) is 1. The maximum Gasteiger partial charge on any atom is 0.336 e. The zero-order valence-electron chi connectivity index (χ0n) is 7.90. The van der Waals surface area contributed by atoms with Gasteiger partial charge in [-0.05, 0) is 24.3 Å². The molecule has 1 heterocycles. The molecule has 4 heteroatoms. The van der Waals surface area contributed by atoms with Crippen molar-refractivity contribution in [1.82, 2.24) is 0 Å². The predicted octanol–water partition coefficient (Wildman–Crippen LogP) is 2.21. The molecule has 0 aliphatic rings. The summed E-state index contributed by atoms with van der Waals surface area (Å²) in [6.07, 6.45) is 2.28. The van der Waals surface area contributed by atoms with Crippen LogP contribution in [0.5, 0.6) is 0 Å². The lowest BCUT2D eigenvalue weighted by Crippen LogP contribution is -2.01. The number of thiophene rings is 1. The average molecular weight is 212 g/mol. The number of carbonyl (C=O) groups is 2. The van der Waals surface area contributed by atoms with Crippen molar-refractivity contribution in [3.05, 3.63) is 21.9 Å². The van der Waals surface area contributed by atoms with E-state index in [4.69, 9.17) is 5.11 Å². The summed E-state index contributed by atoms with van der Waals surface area (Å²) in [6.45, 7) is 1.83. The van der Waals surface area contributed by atoms with E-state index in [1.54, 1.807) is 11.4 Å². The first-order chi connectivity index (χ1) is 6.65. The Balaban J connectivity index is 2.62. The summed E-state index contributed by atoms with van der Waals surface area (Å²) in [5.74, 6) is -0.890. The van der Waals surface area contributed by atoms with Gasteiger partial charge in [0.05, 0.1) is 5.56 Å². The van der Waals surface area contributed by atoms with E-state index in [9.17, 15) is 9.59 Å². The van der Waals surface area contributed by atoms with Gasteiger partial charge in [0.2, 0.25) is 0 Å². The molecule has 1 rings (SSSR count). The van der Waals surface area contributed by atoms with Crippen LogP contribution in [-0.2, 0) is 11.2 Å². The molecule has 1 atom stereocenters. The smallest absolute Gasteiger partial charge is 0.336 e. The molecule has 0 saturated heterocycles. The number of aldehydes is 1. The summed E-state index contributed by atoms with van der Waals surface area (Å²) in [5, 5.41) is 10.6. The van der Waals surface area contributed by atoms with Crippen LogP contribution in [0.4, 0.5) is 0 Å². The Hall–Kier alpha value is -1.16. The lowest BCUT2D eigenvalue weighted by molar-refractivity contribution is -0.110. The Morgan fingerprint density at radius 1 is 1.71 bits per heavy atom. The molecule has 1 aromatic heterocycles. The first-order valence-electron chi connectivity index (χ1n) is 4.40. The molecule has 1 aromatic rings. The summed E-state index contributed by atoms with van der Waals surface area (Å²) in [6, 6.07) is 1.61. The zero-order valence-corrected chi connectivity index (χ0v) is 8.71. The van der Waals surface area contributed by atoms with Crippen LogP contribution in [0.2, 0.25) is 0 Å². The number of aromatic carboxylic acids is 1. The number of rotatable bonds is 5. The predicted molar refractivity (Wildman–Crippen MR) is 54.8 cm³/mol. The highest BCUT2D eigenvalue weighted by Gasteiger charge is 2.11. The van der Waals surface area contributed by atoms with Crippen molar-refractivity contribution in [2.24, 2.45) is 5.92 Å². The monoisotopic (exact) mass is 212 g/mol. The molecule has 0 aromatic carbocycles. The molecule has 0 spiro atoms. The molecular formula is C10H12O3S. The molecular weight excluding hydrogens is 200 g/mol. The minimum atomic E-state index is -0.889. The molecule has 0 amide bonds. The summed E-state index contributed by atoms with van der Waals surface area (Å²) >= 11 is 1.43. The molecule has 3 nitrogen and oxygen atoms in total. The molecule has 0 bridgehead atoms. The minimum Gasteiger partial charge on any atom is -0.478 e. The van der Waals surface area contributed by atoms with E-state index in [1.165, 1.54) is 11.3 Å². The van der Waals surface area contributed by atoms with E-state index >= 15 is 0 Å². The van der Waals surface area contributed by atoms with Crippen molar-refractivity contribution in [2.75, 3.05) is 0 Å². The molecule has 0 aliphatic carbocycles. The van der Waals surface area contributed by atoms with Gasteiger partial charge in [-0.2, -0.15) is 0 Å². The lowest BCUT2D eigenvalue weighted by Gasteiger charge is -2.02. The average Bonchev–Trinajstić information content (AvgIpc) is 2.62. The summed E-state index contributed by atoms with van der Waals surface area (Å²) < 4.78 is 0. The van der Waals surface area contributed by atoms with Gasteiger partial charge in [-0.3, -0.25) is 0 Å². The van der Waals surface area contributed by atoms with E-state index in [-0.39, 0.29) is 5.92 Å². The lowest BCUT2D eigenvalue weighted by atomic mass is 10.1. The van der Waals surface area contributed by atoms with E-state index in [0.29, 0.717) is 18.4 Å². The van der Waals surface area contributed by atoms with Crippen molar-refractivity contribution < 1.29 is 14.7 Å². The second kappa shape index (κ2) is 4.91. The Bertz CT molecular complexity index is 330. The minimum absolute atomic E-state index is 0.00116. The fourth-order valence-electron chi connectivity index (χ4n) is 1.15. The van der Waals surface area contributed by atoms with E-state index < -0.39 is 5.97 Å². The van der Waals surface area contributed by atoms with Crippen LogP contribution >= 0.6 is 11.3 Å². The molecule has 0 radical (unpaired) electrons. The maximum atomic E-state index is 10.7. The molecule has 14 heavy (non-hydrogen) atoms. The molecule has 1 unspecified atom stereocenters. The summed E-state index contributed by atoms with van der Waals surface area (Å²) in [4.78, 5) is 22.0. The molecule has 0 fully saturated rings. The van der Waals surface area contributed by atoms with Crippen LogP contribution in [-0.4, -0.2) is 17.4 Å². The Labute approximate surface area is 86.4 Å². The van der Waals surface area contributed by atoms with Gasteiger partial charge in [0.25, 0.3) is 0 Å². The van der Waals surface area contributed by atoms with Crippen LogP contribution < -0.4 is 0 Å². The normalized spacial score (nSPS) is 12.4. The zero-order chi connectivity index (χ0) is 10.6. The SMILES string of the molecule is CC(C=O)CCc1sccc1C(=O)O. The summed E-state index contributed by atoms with van der Waals surface area (Å²) in [5.41, 5.74) is 0.369. The quantitative estimate of drug-likeness (QED) is 0.761. The topological polar surface area (TPSA) is 54.4 Å². The summed E-state index contributed by atoms with van der Waals surface area (Å²) in [7, 11) is 0. The molecule has 76 valence electrons. The fourth-order valence-corrected chi connectivity index (χ4v) is 2.04. The van der Waals surface area contributed by atoms with Gasteiger partial charge in [-0.15, -0.1) is 11.3 Å². The molecule has 0 aliphatic heterocycles. The number of carbonyl (C=O) groups excluding carboxylic acids is 1. The van der Waals surface area contributed by atoms with Gasteiger partial charge >= 0.3 is 5.97 Å². The van der Waals surface area contributed by atoms with E-state index in [1.807, 2.05) is 6.92 Å². The first kappa shape index (κ1) is 10.9. The first-order valence-corrected chi connectivity index (χ1v) is 5.28. The van der Waals surface area contributed by atoms with Gasteiger partial charge in [-0.25, -0.2) is 4.79 Å². The second-order valence-corrected chi connectivity index (χ2v) is 4.22. The Morgan fingerprint density at radius 3 is 3.00 bits per heavy atom. The van der Waals surface area contributed by atoms with Crippen molar-refractivity contribution in [3.8, 4) is 0 Å². The maximum absolute atomic E-state index is 10.7. The highest BCUT2D eigenvalue weighted by molar-refractivity contribution is 7.10. The van der Waals surface area contributed by atoms with Gasteiger partial charge < -0.3 is 9.90 Å². The highest BCUT2D eigenvalue weighted by atomic mass is 32.1. The third-order valence-electron chi connectivity index (χ3n) is 2.03. The van der Waals surface area contributed by atoms with E-state index in [0.717, 1.165) is 11.2 Å². The Kier molecular flexibility index (Phi) is 3.83. The van der Waals surface area contributed by atoms with Crippen LogP contribution in [0, 0.1) is 5.92 Å². The van der Waals surface area contributed by atoms with Crippen molar-refractivity contribution in [2.45, 2.75) is 19.8 Å². The Morgan fingerprint density at radius 2 is 2.43 bits per heavy atom. The van der Waals surface area contributed by atoms with Crippen LogP contribution in [0.25, 0.3) is 0 Å². The van der Waals surface area contributed by atoms with Crippen LogP contribution in [0.3, 0.4) is 0 Å². The van der Waals surface area contributed by atoms with Gasteiger partial charge in [0.1, 0.15) is 6.29 Å². The van der Waals surface area contributed by atoms with Crippen molar-refractivity contribution >= 4 is 23.6 Å². The standard InChI is InChI=1S/C10H12O3S/c1-7(6-11)2-3-9-8(10(12)13)4-5-14-9/h4-7H,2-3H2,1H3,(H,12,13). The molecule has 1 N–H and O–H groups in total. The third kappa shape index (κ3) is 2.67. The van der Waals surface area contributed by atoms with Gasteiger partial charge in [0.15, 0.2) is 0 Å². The van der Waals surface area contributed by atoms with Crippen molar-refractivity contribution in [3.63, 3.8) is 0 Å². The number of carboxylic acids is 1. The van der Waals surface area contributed by atoms with Crippen LogP contribution in [0.1, 0.15) is 28.6 Å². The number of aryl methyl sites for hydroxylation is 1. The van der Waals surface area contributed by atoms with Gasteiger partial charge in [0, 0.05) is 10.8 Å². The van der Waals surface area contributed by atoms with Gasteiger partial charge in [-0.1, -0.05) is 6.92 Å². The molecule has 0 saturated carbocycles. The number of hydrogen-bond acceptors (Lipinski definition) is 3. The second-order valence-electron chi connectivity index (χ2n) is 3.21. The largest absolute Gasteiger partial charge is 0.478 e. The number of hydrogen-bond donors (Lipinski definition) is 1. The van der Waals surface area contributed by atoms with E-state index in [2.05, 4.69) is 0 Å².